The number of hydrogen-bond acceptors (Lipinski definition) is 4. The van der Waals surface area contributed by atoms with E-state index >= 15 is 0 Å². The summed E-state index contributed by atoms with van der Waals surface area (Å²) in [6.45, 7) is 0.182. The van der Waals surface area contributed by atoms with Crippen molar-refractivity contribution in [1.29, 1.82) is 0 Å². The summed E-state index contributed by atoms with van der Waals surface area (Å²) in [5.74, 6) is -1.82. The minimum atomic E-state index is -0.992. The van der Waals surface area contributed by atoms with Gasteiger partial charge in [-0.3, -0.25) is 9.59 Å². The lowest BCUT2D eigenvalue weighted by molar-refractivity contribution is -0.142. The maximum Gasteiger partial charge on any atom is 0.408 e. The third-order valence-corrected chi connectivity index (χ3v) is 7.02. The highest BCUT2D eigenvalue weighted by atomic mass is 16.5. The molecule has 7 nitrogen and oxygen atoms in total. The minimum absolute atomic E-state index is 0.0491. The quantitative estimate of drug-likeness (QED) is 0.646. The van der Waals surface area contributed by atoms with Crippen molar-refractivity contribution in [2.24, 2.45) is 5.92 Å². The topological polar surface area (TPSA) is 105 Å². The van der Waals surface area contributed by atoms with Gasteiger partial charge >= 0.3 is 12.1 Å². The zero-order valence-corrected chi connectivity index (χ0v) is 17.7. The van der Waals surface area contributed by atoms with Crippen LogP contribution >= 0.6 is 0 Å². The van der Waals surface area contributed by atoms with E-state index in [9.17, 15) is 19.5 Å². The van der Waals surface area contributed by atoms with Gasteiger partial charge in [-0.2, -0.15) is 0 Å². The van der Waals surface area contributed by atoms with Gasteiger partial charge in [-0.05, 0) is 47.9 Å². The Morgan fingerprint density at radius 1 is 0.969 bits per heavy atom. The van der Waals surface area contributed by atoms with Crippen LogP contribution in [0.3, 0.4) is 0 Å². The highest BCUT2D eigenvalue weighted by Crippen LogP contribution is 2.44. The molecule has 0 aromatic heterocycles. The molecule has 0 radical (unpaired) electrons. The van der Waals surface area contributed by atoms with Crippen LogP contribution in [-0.4, -0.2) is 41.3 Å². The number of carbonyl (C=O) groups excluding carboxylic acids is 2. The summed E-state index contributed by atoms with van der Waals surface area (Å²) in [5, 5.41) is 14.9. The Labute approximate surface area is 186 Å². The van der Waals surface area contributed by atoms with Crippen molar-refractivity contribution in [2.75, 3.05) is 6.61 Å². The smallest absolute Gasteiger partial charge is 0.408 e. The van der Waals surface area contributed by atoms with Crippen LogP contribution in [0.2, 0.25) is 0 Å². The van der Waals surface area contributed by atoms with E-state index in [1.54, 1.807) is 0 Å². The molecular formula is C25H26N2O5. The second-order valence-corrected chi connectivity index (χ2v) is 8.99. The number of carboxylic acid groups (broad SMARTS) is 1. The molecule has 0 spiro atoms. The van der Waals surface area contributed by atoms with Gasteiger partial charge in [0.1, 0.15) is 12.1 Å². The van der Waals surface area contributed by atoms with Crippen molar-refractivity contribution in [3.05, 3.63) is 59.7 Å². The summed E-state index contributed by atoms with van der Waals surface area (Å²) in [6, 6.07) is 15.8. The van der Waals surface area contributed by atoms with Crippen LogP contribution in [0.5, 0.6) is 0 Å². The first-order valence-corrected chi connectivity index (χ1v) is 11.2. The molecule has 32 heavy (non-hydrogen) atoms. The second kappa shape index (κ2) is 7.97. The summed E-state index contributed by atoms with van der Waals surface area (Å²) in [5.41, 5.74) is 3.57. The fourth-order valence-electron chi connectivity index (χ4n) is 5.10. The molecular weight excluding hydrogens is 408 g/mol. The molecule has 3 aliphatic rings. The number of rotatable bonds is 6. The first-order valence-electron chi connectivity index (χ1n) is 11.2. The predicted molar refractivity (Wildman–Crippen MR) is 117 cm³/mol. The molecule has 0 heterocycles. The molecule has 3 aliphatic carbocycles. The van der Waals surface area contributed by atoms with E-state index in [0.29, 0.717) is 25.7 Å². The van der Waals surface area contributed by atoms with Gasteiger partial charge in [-0.1, -0.05) is 55.0 Å². The Morgan fingerprint density at radius 2 is 1.59 bits per heavy atom. The molecule has 2 amide bonds. The molecule has 7 heteroatoms. The maximum absolute atomic E-state index is 12.8. The molecule has 2 aromatic rings. The van der Waals surface area contributed by atoms with E-state index < -0.39 is 23.5 Å². The van der Waals surface area contributed by atoms with Gasteiger partial charge in [0.05, 0.1) is 5.92 Å². The fraction of sp³-hybridized carbons (Fsp3) is 0.400. The van der Waals surface area contributed by atoms with Gasteiger partial charge in [-0.25, -0.2) is 4.79 Å². The zero-order chi connectivity index (χ0) is 22.3. The van der Waals surface area contributed by atoms with Crippen LogP contribution in [0.1, 0.15) is 49.1 Å². The van der Waals surface area contributed by atoms with Gasteiger partial charge in [0, 0.05) is 12.0 Å². The normalized spacial score (nSPS) is 22.5. The predicted octanol–water partition coefficient (Wildman–Crippen LogP) is 3.43. The molecule has 0 bridgehead atoms. The Kier molecular flexibility index (Phi) is 5.12. The van der Waals surface area contributed by atoms with Crippen LogP contribution in [0, 0.1) is 5.92 Å². The third-order valence-electron chi connectivity index (χ3n) is 7.02. The van der Waals surface area contributed by atoms with Crippen LogP contribution in [0.25, 0.3) is 11.1 Å². The Balaban J connectivity index is 1.21. The number of amides is 2. The maximum atomic E-state index is 12.8. The van der Waals surface area contributed by atoms with E-state index in [-0.39, 0.29) is 24.5 Å². The first-order chi connectivity index (χ1) is 15.5. The van der Waals surface area contributed by atoms with Crippen molar-refractivity contribution in [3.8, 4) is 11.1 Å². The average molecular weight is 434 g/mol. The van der Waals surface area contributed by atoms with Crippen LogP contribution in [0.15, 0.2) is 48.5 Å². The number of nitrogens with one attached hydrogen (secondary N) is 2. The van der Waals surface area contributed by atoms with Crippen LogP contribution in [-0.2, 0) is 14.3 Å². The molecule has 2 atom stereocenters. The van der Waals surface area contributed by atoms with Crippen LogP contribution in [0.4, 0.5) is 4.79 Å². The van der Waals surface area contributed by atoms with E-state index in [1.165, 1.54) is 0 Å². The number of hydrogen-bond donors (Lipinski definition) is 3. The lowest BCUT2D eigenvalue weighted by Gasteiger charge is -2.23. The number of carbonyl (C=O) groups is 3. The van der Waals surface area contributed by atoms with Crippen molar-refractivity contribution in [1.82, 2.24) is 10.6 Å². The molecule has 3 N–H and O–H groups in total. The van der Waals surface area contributed by atoms with Crippen molar-refractivity contribution in [3.63, 3.8) is 0 Å². The van der Waals surface area contributed by atoms with E-state index in [4.69, 9.17) is 4.74 Å². The monoisotopic (exact) mass is 434 g/mol. The first kappa shape index (κ1) is 20.5. The Morgan fingerprint density at radius 3 is 2.19 bits per heavy atom. The van der Waals surface area contributed by atoms with Crippen molar-refractivity contribution >= 4 is 18.0 Å². The number of aliphatic carboxylic acids is 1. The number of ether oxygens (including phenoxy) is 1. The number of benzene rings is 2. The Hall–Kier alpha value is -3.35. The molecule has 5 rings (SSSR count). The lowest BCUT2D eigenvalue weighted by atomic mass is 9.98. The summed E-state index contributed by atoms with van der Waals surface area (Å²) in [6.07, 6.45) is 2.40. The molecule has 2 aromatic carbocycles. The highest BCUT2D eigenvalue weighted by molar-refractivity contribution is 5.93. The summed E-state index contributed by atoms with van der Waals surface area (Å²) >= 11 is 0. The largest absolute Gasteiger partial charge is 0.481 e. The Bertz CT molecular complexity index is 1030. The molecule has 0 unspecified atom stereocenters. The molecule has 2 saturated carbocycles. The molecule has 0 aliphatic heterocycles. The van der Waals surface area contributed by atoms with Crippen molar-refractivity contribution in [2.45, 2.75) is 49.6 Å². The van der Waals surface area contributed by atoms with Gasteiger partial charge in [0.25, 0.3) is 0 Å². The van der Waals surface area contributed by atoms with Gasteiger partial charge in [0.2, 0.25) is 5.91 Å². The minimum Gasteiger partial charge on any atom is -0.481 e. The third kappa shape index (κ3) is 3.61. The van der Waals surface area contributed by atoms with Gasteiger partial charge < -0.3 is 20.5 Å². The van der Waals surface area contributed by atoms with E-state index in [1.807, 2.05) is 24.3 Å². The SMILES string of the molecule is O=C(NC1(C(=O)N[C@H]2CCC[C@H]2C(=O)O)CC1)OCC1c2ccccc2-c2ccccc21. The molecule has 0 saturated heterocycles. The van der Waals surface area contributed by atoms with E-state index in [0.717, 1.165) is 28.7 Å². The highest BCUT2D eigenvalue weighted by Gasteiger charge is 2.53. The summed E-state index contributed by atoms with van der Waals surface area (Å²) < 4.78 is 5.57. The standard InChI is InChI=1S/C25H26N2O5/c28-22(29)19-10-5-11-21(19)26-23(30)25(12-13-25)27-24(31)32-14-20-17-8-3-1-6-15(17)16-7-2-4-9-18(16)20/h1-4,6-9,19-21H,5,10-14H2,(H,26,30)(H,27,31)(H,28,29)/t19-,21+/m1/s1. The molecule has 2 fully saturated rings. The van der Waals surface area contributed by atoms with Crippen LogP contribution < -0.4 is 10.6 Å². The second-order valence-electron chi connectivity index (χ2n) is 8.99. The van der Waals surface area contributed by atoms with E-state index in [2.05, 4.69) is 34.9 Å². The average Bonchev–Trinajstić information content (AvgIpc) is 3.29. The number of fused-ring (bicyclic) bond motifs is 3. The number of alkyl carbamates (subject to hydrolysis) is 1. The van der Waals surface area contributed by atoms with Crippen molar-refractivity contribution < 1.29 is 24.2 Å². The zero-order valence-electron chi connectivity index (χ0n) is 17.7. The van der Waals surface area contributed by atoms with Gasteiger partial charge in [-0.15, -0.1) is 0 Å². The van der Waals surface area contributed by atoms with Gasteiger partial charge in [0.15, 0.2) is 0 Å². The summed E-state index contributed by atoms with van der Waals surface area (Å²) in [7, 11) is 0. The lowest BCUT2D eigenvalue weighted by Crippen LogP contribution is -2.53. The number of carboxylic acids is 1. The molecule has 166 valence electrons. The summed E-state index contributed by atoms with van der Waals surface area (Å²) in [4.78, 5) is 36.8. The fourth-order valence-corrected chi connectivity index (χ4v) is 5.10.